The summed E-state index contributed by atoms with van der Waals surface area (Å²) < 4.78 is 0. The maximum Gasteiger partial charge on any atom is 0.382 e. The smallest absolute Gasteiger partial charge is 0.382 e. The second-order valence-corrected chi connectivity index (χ2v) is 3.80. The van der Waals surface area contributed by atoms with Gasteiger partial charge in [0.25, 0.3) is 0 Å². The minimum absolute atomic E-state index is 0.150. The molecule has 2 N–H and O–H groups in total. The van der Waals surface area contributed by atoms with Crippen molar-refractivity contribution in [3.8, 4) is 0 Å². The fourth-order valence-electron chi connectivity index (χ4n) is 1.62. The Kier molecular flexibility index (Phi) is 3.34. The van der Waals surface area contributed by atoms with E-state index in [2.05, 4.69) is 9.97 Å². The summed E-state index contributed by atoms with van der Waals surface area (Å²) in [6.45, 7) is 0. The van der Waals surface area contributed by atoms with Gasteiger partial charge >= 0.3 is 12.0 Å². The van der Waals surface area contributed by atoms with Crippen molar-refractivity contribution in [2.45, 2.75) is 12.1 Å². The van der Waals surface area contributed by atoms with Gasteiger partial charge < -0.3 is 10.2 Å². The molecule has 0 radical (unpaired) electrons. The van der Waals surface area contributed by atoms with Gasteiger partial charge in [-0.2, -0.15) is 0 Å². The minimum Gasteiger partial charge on any atom is -0.476 e. The van der Waals surface area contributed by atoms with Crippen molar-refractivity contribution in [1.82, 2.24) is 9.97 Å². The summed E-state index contributed by atoms with van der Waals surface area (Å²) in [5.74, 6) is -1.73. The topological polar surface area (TPSA) is 126 Å². The number of rotatable bonds is 4. The van der Waals surface area contributed by atoms with Gasteiger partial charge in [-0.05, 0) is 12.1 Å². The zero-order chi connectivity index (χ0) is 14.0. The highest BCUT2D eigenvalue weighted by molar-refractivity contribution is 5.75. The van der Waals surface area contributed by atoms with Crippen molar-refractivity contribution in [3.63, 3.8) is 0 Å². The van der Waals surface area contributed by atoms with Crippen LogP contribution in [0.2, 0.25) is 0 Å². The average molecular weight is 263 g/mol. The molecule has 2 rings (SSSR count). The lowest BCUT2D eigenvalue weighted by molar-refractivity contribution is -0.523. The standard InChI is InChI=1S/C11H9N3O5/c15-10(9(11(16)17)14(18)19)8-5-12-6-3-1-2-4-7(6)13-8/h1-5,9-10,15H,(H,16,17). The van der Waals surface area contributed by atoms with Gasteiger partial charge in [0.1, 0.15) is 0 Å². The summed E-state index contributed by atoms with van der Waals surface area (Å²) in [6, 6.07) is 4.55. The minimum atomic E-state index is -2.17. The lowest BCUT2D eigenvalue weighted by Gasteiger charge is -2.12. The number of aliphatic hydroxyl groups excluding tert-OH is 1. The van der Waals surface area contributed by atoms with Crippen LogP contribution in [0.3, 0.4) is 0 Å². The number of nitrogens with zero attached hydrogens (tertiary/aromatic N) is 3. The van der Waals surface area contributed by atoms with Gasteiger partial charge in [-0.1, -0.05) is 12.1 Å². The molecule has 2 atom stereocenters. The zero-order valence-corrected chi connectivity index (χ0v) is 9.50. The van der Waals surface area contributed by atoms with E-state index in [-0.39, 0.29) is 5.69 Å². The Balaban J connectivity index is 2.42. The average Bonchev–Trinajstić information content (AvgIpc) is 2.37. The molecule has 2 unspecified atom stereocenters. The lowest BCUT2D eigenvalue weighted by atomic mass is 10.1. The molecule has 0 saturated heterocycles. The Morgan fingerprint density at radius 3 is 2.53 bits per heavy atom. The summed E-state index contributed by atoms with van der Waals surface area (Å²) in [5.41, 5.74) is 0.820. The first kappa shape index (κ1) is 12.8. The van der Waals surface area contributed by atoms with Crippen molar-refractivity contribution in [1.29, 1.82) is 0 Å². The van der Waals surface area contributed by atoms with Gasteiger partial charge in [0.05, 0.1) is 22.9 Å². The first-order valence-electron chi connectivity index (χ1n) is 5.27. The van der Waals surface area contributed by atoms with Crippen LogP contribution in [0.15, 0.2) is 30.5 Å². The van der Waals surface area contributed by atoms with Gasteiger partial charge in [0.2, 0.25) is 0 Å². The highest BCUT2D eigenvalue weighted by Crippen LogP contribution is 2.19. The van der Waals surface area contributed by atoms with Crippen LogP contribution in [-0.2, 0) is 4.79 Å². The highest BCUT2D eigenvalue weighted by atomic mass is 16.6. The third kappa shape index (κ3) is 2.47. The van der Waals surface area contributed by atoms with Crippen molar-refractivity contribution >= 4 is 17.0 Å². The maximum atomic E-state index is 10.8. The Hall–Kier alpha value is -2.61. The van der Waals surface area contributed by atoms with Crippen LogP contribution >= 0.6 is 0 Å². The number of carbonyl (C=O) groups is 1. The quantitative estimate of drug-likeness (QED) is 0.603. The molecule has 0 amide bonds. The third-order valence-corrected chi connectivity index (χ3v) is 2.55. The summed E-state index contributed by atoms with van der Waals surface area (Å²) in [6.07, 6.45) is -0.725. The Bertz CT molecular complexity index is 631. The summed E-state index contributed by atoms with van der Waals surface area (Å²) >= 11 is 0. The Morgan fingerprint density at radius 2 is 1.95 bits per heavy atom. The predicted molar refractivity (Wildman–Crippen MR) is 62.9 cm³/mol. The van der Waals surface area contributed by atoms with E-state index in [4.69, 9.17) is 5.11 Å². The fraction of sp³-hybridized carbons (Fsp3) is 0.182. The van der Waals surface area contributed by atoms with E-state index < -0.39 is 23.0 Å². The van der Waals surface area contributed by atoms with E-state index in [9.17, 15) is 20.0 Å². The number of aliphatic hydroxyl groups is 1. The summed E-state index contributed by atoms with van der Waals surface area (Å²) in [7, 11) is 0. The van der Waals surface area contributed by atoms with Crippen LogP contribution in [0.5, 0.6) is 0 Å². The van der Waals surface area contributed by atoms with Gasteiger partial charge in [-0.15, -0.1) is 0 Å². The van der Waals surface area contributed by atoms with E-state index in [1.165, 1.54) is 0 Å². The number of nitro groups is 1. The highest BCUT2D eigenvalue weighted by Gasteiger charge is 2.39. The molecule has 8 heteroatoms. The van der Waals surface area contributed by atoms with Crippen LogP contribution in [0, 0.1) is 10.1 Å². The molecule has 0 aliphatic rings. The lowest BCUT2D eigenvalue weighted by Crippen LogP contribution is -2.36. The zero-order valence-electron chi connectivity index (χ0n) is 9.50. The number of aliphatic carboxylic acids is 1. The second kappa shape index (κ2) is 4.94. The molecule has 1 heterocycles. The molecule has 0 aliphatic carbocycles. The van der Waals surface area contributed by atoms with Crippen molar-refractivity contribution in [2.75, 3.05) is 0 Å². The number of hydrogen-bond donors (Lipinski definition) is 2. The Morgan fingerprint density at radius 1 is 1.32 bits per heavy atom. The van der Waals surface area contributed by atoms with Crippen molar-refractivity contribution in [3.05, 3.63) is 46.3 Å². The van der Waals surface area contributed by atoms with E-state index in [0.29, 0.717) is 11.0 Å². The van der Waals surface area contributed by atoms with Gasteiger partial charge in [0, 0.05) is 4.92 Å². The second-order valence-electron chi connectivity index (χ2n) is 3.80. The number of para-hydroxylation sites is 2. The number of hydrogen-bond acceptors (Lipinski definition) is 6. The summed E-state index contributed by atoms with van der Waals surface area (Å²) in [5, 5.41) is 29.1. The normalized spacial score (nSPS) is 13.9. The number of aromatic nitrogens is 2. The molecular formula is C11H9N3O5. The maximum absolute atomic E-state index is 10.8. The fourth-order valence-corrected chi connectivity index (χ4v) is 1.62. The first-order chi connectivity index (χ1) is 9.00. The van der Waals surface area contributed by atoms with Gasteiger partial charge in [0.15, 0.2) is 6.10 Å². The third-order valence-electron chi connectivity index (χ3n) is 2.55. The van der Waals surface area contributed by atoms with Crippen molar-refractivity contribution in [2.24, 2.45) is 0 Å². The molecule has 8 nitrogen and oxygen atoms in total. The van der Waals surface area contributed by atoms with Crippen LogP contribution < -0.4 is 0 Å². The van der Waals surface area contributed by atoms with Crippen molar-refractivity contribution < 1.29 is 19.9 Å². The molecule has 0 saturated carbocycles. The molecule has 0 bridgehead atoms. The monoisotopic (exact) mass is 263 g/mol. The molecule has 98 valence electrons. The van der Waals surface area contributed by atoms with E-state index in [0.717, 1.165) is 6.20 Å². The molecule has 2 aromatic rings. The number of fused-ring (bicyclic) bond motifs is 1. The number of carboxylic acids is 1. The summed E-state index contributed by atoms with van der Waals surface area (Å²) in [4.78, 5) is 28.3. The van der Waals surface area contributed by atoms with Gasteiger partial charge in [-0.25, -0.2) is 9.78 Å². The van der Waals surface area contributed by atoms with Crippen LogP contribution in [0.4, 0.5) is 0 Å². The van der Waals surface area contributed by atoms with E-state index >= 15 is 0 Å². The molecule has 0 aliphatic heterocycles. The number of carboxylic acid groups (broad SMARTS) is 1. The van der Waals surface area contributed by atoms with Crippen LogP contribution in [0.25, 0.3) is 11.0 Å². The van der Waals surface area contributed by atoms with Crippen LogP contribution in [-0.4, -0.2) is 37.1 Å². The van der Waals surface area contributed by atoms with Gasteiger partial charge in [-0.3, -0.25) is 15.1 Å². The predicted octanol–water partition coefficient (Wildman–Crippen LogP) is 0.393. The SMILES string of the molecule is O=C(O)C(C(O)c1cnc2ccccc2n1)[N+](=O)[O-]. The Labute approximate surface area is 106 Å². The molecule has 19 heavy (non-hydrogen) atoms. The van der Waals surface area contributed by atoms with E-state index in [1.807, 2.05) is 0 Å². The van der Waals surface area contributed by atoms with E-state index in [1.54, 1.807) is 24.3 Å². The largest absolute Gasteiger partial charge is 0.476 e. The number of benzene rings is 1. The van der Waals surface area contributed by atoms with Crippen LogP contribution in [0.1, 0.15) is 11.8 Å². The molecule has 1 aromatic carbocycles. The molecule has 0 spiro atoms. The first-order valence-corrected chi connectivity index (χ1v) is 5.27. The molecular weight excluding hydrogens is 254 g/mol. The molecule has 1 aromatic heterocycles. The molecule has 0 fully saturated rings.